The van der Waals surface area contributed by atoms with Crippen molar-refractivity contribution in [1.29, 1.82) is 5.26 Å². The van der Waals surface area contributed by atoms with Crippen LogP contribution in [-0.2, 0) is 9.53 Å². The normalized spacial score (nSPS) is 19.3. The van der Waals surface area contributed by atoms with Crippen LogP contribution in [0.25, 0.3) is 0 Å². The number of aromatic nitrogens is 2. The van der Waals surface area contributed by atoms with E-state index in [1.54, 1.807) is 0 Å². The van der Waals surface area contributed by atoms with Gasteiger partial charge in [0.15, 0.2) is 0 Å². The number of amides is 1. The summed E-state index contributed by atoms with van der Waals surface area (Å²) in [5.74, 6) is 0.193. The fraction of sp³-hybridized carbons (Fsp3) is 0.500. The van der Waals surface area contributed by atoms with Crippen molar-refractivity contribution in [3.8, 4) is 6.07 Å². The highest BCUT2D eigenvalue weighted by atomic mass is 16.5. The van der Waals surface area contributed by atoms with Gasteiger partial charge in [0.05, 0.1) is 18.7 Å². The van der Waals surface area contributed by atoms with Crippen molar-refractivity contribution in [3.05, 3.63) is 11.8 Å². The number of carbonyl (C=O) groups is 1. The molecule has 0 radical (unpaired) electrons. The number of H-pyrrole nitrogens is 1. The Kier molecular flexibility index (Phi) is 3.17. The predicted octanol–water partition coefficient (Wildman–Crippen LogP) is 0.789. The number of hydrogen-bond donors (Lipinski definition) is 2. The molecule has 1 aromatic heterocycles. The summed E-state index contributed by atoms with van der Waals surface area (Å²) in [6.45, 7) is 0.728. The molecule has 2 N–H and O–H groups in total. The van der Waals surface area contributed by atoms with E-state index in [9.17, 15) is 4.79 Å². The van der Waals surface area contributed by atoms with Crippen molar-refractivity contribution in [1.82, 2.24) is 10.2 Å². The van der Waals surface area contributed by atoms with Crippen LogP contribution in [0.5, 0.6) is 0 Å². The molecule has 1 atom stereocenters. The highest BCUT2D eigenvalue weighted by Gasteiger charge is 2.19. The molecule has 2 heterocycles. The molecule has 0 aromatic carbocycles. The molecular formula is C10H12N4O2. The highest BCUT2D eigenvalue weighted by Crippen LogP contribution is 2.16. The molecule has 1 amide bonds. The summed E-state index contributed by atoms with van der Waals surface area (Å²) in [6.07, 6.45) is 3.63. The van der Waals surface area contributed by atoms with Crippen molar-refractivity contribution in [3.63, 3.8) is 0 Å². The zero-order valence-corrected chi connectivity index (χ0v) is 8.69. The minimum atomic E-state index is -0.160. The first kappa shape index (κ1) is 10.6. The summed E-state index contributed by atoms with van der Waals surface area (Å²) in [4.78, 5) is 11.6. The molecule has 6 nitrogen and oxygen atoms in total. The van der Waals surface area contributed by atoms with E-state index < -0.39 is 0 Å². The van der Waals surface area contributed by atoms with Gasteiger partial charge >= 0.3 is 0 Å². The Hall–Kier alpha value is -1.87. The van der Waals surface area contributed by atoms with E-state index in [1.165, 1.54) is 6.20 Å². The van der Waals surface area contributed by atoms with Crippen LogP contribution in [0.3, 0.4) is 0 Å². The lowest BCUT2D eigenvalue weighted by Gasteiger charge is -2.08. The van der Waals surface area contributed by atoms with Gasteiger partial charge < -0.3 is 10.1 Å². The molecule has 1 unspecified atom stereocenters. The number of rotatable bonds is 3. The molecular weight excluding hydrogens is 208 g/mol. The molecule has 1 aliphatic heterocycles. The maximum absolute atomic E-state index is 11.6. The minimum absolute atomic E-state index is 0.00783. The Morgan fingerprint density at radius 1 is 1.81 bits per heavy atom. The van der Waals surface area contributed by atoms with Gasteiger partial charge in [0.1, 0.15) is 17.5 Å². The number of nitrogens with one attached hydrogen (secondary N) is 2. The smallest absolute Gasteiger partial charge is 0.228 e. The molecule has 1 aliphatic rings. The lowest BCUT2D eigenvalue weighted by Crippen LogP contribution is -2.19. The first-order valence-electron chi connectivity index (χ1n) is 5.14. The molecule has 0 aliphatic carbocycles. The number of ether oxygens (including phenoxy) is 1. The fourth-order valence-electron chi connectivity index (χ4n) is 1.67. The number of hydrogen-bond acceptors (Lipinski definition) is 4. The zero-order valence-electron chi connectivity index (χ0n) is 8.69. The van der Waals surface area contributed by atoms with Gasteiger partial charge in [0.2, 0.25) is 5.91 Å². The van der Waals surface area contributed by atoms with E-state index in [2.05, 4.69) is 15.5 Å². The second kappa shape index (κ2) is 4.77. The van der Waals surface area contributed by atoms with Crippen molar-refractivity contribution in [2.24, 2.45) is 0 Å². The van der Waals surface area contributed by atoms with E-state index in [4.69, 9.17) is 10.00 Å². The van der Waals surface area contributed by atoms with Crippen LogP contribution < -0.4 is 5.32 Å². The average molecular weight is 220 g/mol. The number of carbonyl (C=O) groups excluding carboxylic acids is 1. The Labute approximate surface area is 92.6 Å². The zero-order chi connectivity index (χ0) is 11.4. The molecule has 2 rings (SSSR count). The predicted molar refractivity (Wildman–Crippen MR) is 55.5 cm³/mol. The van der Waals surface area contributed by atoms with Gasteiger partial charge in [-0.15, -0.1) is 0 Å². The van der Waals surface area contributed by atoms with Crippen molar-refractivity contribution < 1.29 is 9.53 Å². The number of nitriles is 1. The number of nitrogens with zero attached hydrogens (tertiary/aromatic N) is 2. The summed E-state index contributed by atoms with van der Waals surface area (Å²) < 4.78 is 5.35. The van der Waals surface area contributed by atoms with Crippen molar-refractivity contribution in [2.75, 3.05) is 11.9 Å². The first-order chi connectivity index (χ1) is 7.79. The molecule has 0 saturated carbocycles. The van der Waals surface area contributed by atoms with Gasteiger partial charge in [0.25, 0.3) is 0 Å². The average Bonchev–Trinajstić information content (AvgIpc) is 2.88. The topological polar surface area (TPSA) is 90.8 Å². The first-order valence-corrected chi connectivity index (χ1v) is 5.14. The van der Waals surface area contributed by atoms with Crippen LogP contribution in [0, 0.1) is 11.3 Å². The number of aromatic amines is 1. The van der Waals surface area contributed by atoms with Gasteiger partial charge in [-0.05, 0) is 12.8 Å². The lowest BCUT2D eigenvalue weighted by atomic mass is 10.2. The van der Waals surface area contributed by atoms with E-state index in [0.717, 1.165) is 19.4 Å². The van der Waals surface area contributed by atoms with Crippen LogP contribution in [0.1, 0.15) is 24.8 Å². The monoisotopic (exact) mass is 220 g/mol. The van der Waals surface area contributed by atoms with Crippen LogP contribution in [-0.4, -0.2) is 28.8 Å². The molecule has 0 spiro atoms. The molecule has 1 saturated heterocycles. The summed E-state index contributed by atoms with van der Waals surface area (Å²) in [5, 5.41) is 17.6. The third kappa shape index (κ3) is 2.38. The summed E-state index contributed by atoms with van der Waals surface area (Å²) in [5.41, 5.74) is 0.334. The van der Waals surface area contributed by atoms with Gasteiger partial charge in [0, 0.05) is 6.61 Å². The number of anilines is 1. The Morgan fingerprint density at radius 3 is 3.38 bits per heavy atom. The maximum atomic E-state index is 11.6. The SMILES string of the molecule is N#Cc1cn[nH]c1NC(=O)CC1CCCO1. The third-order valence-electron chi connectivity index (χ3n) is 2.46. The molecule has 6 heteroatoms. The van der Waals surface area contributed by atoms with Gasteiger partial charge in [-0.2, -0.15) is 10.4 Å². The van der Waals surface area contributed by atoms with Crippen LogP contribution in [0.15, 0.2) is 6.20 Å². The van der Waals surface area contributed by atoms with Gasteiger partial charge in [-0.1, -0.05) is 0 Å². The van der Waals surface area contributed by atoms with E-state index in [0.29, 0.717) is 17.8 Å². The third-order valence-corrected chi connectivity index (χ3v) is 2.46. The van der Waals surface area contributed by atoms with Crippen LogP contribution in [0.4, 0.5) is 5.82 Å². The van der Waals surface area contributed by atoms with E-state index >= 15 is 0 Å². The van der Waals surface area contributed by atoms with E-state index in [-0.39, 0.29) is 12.0 Å². The molecule has 84 valence electrons. The second-order valence-electron chi connectivity index (χ2n) is 3.66. The Morgan fingerprint density at radius 2 is 2.69 bits per heavy atom. The van der Waals surface area contributed by atoms with Crippen molar-refractivity contribution >= 4 is 11.7 Å². The van der Waals surface area contributed by atoms with Crippen LogP contribution >= 0.6 is 0 Å². The lowest BCUT2D eigenvalue weighted by molar-refractivity contribution is -0.118. The molecule has 16 heavy (non-hydrogen) atoms. The van der Waals surface area contributed by atoms with Gasteiger partial charge in [-0.25, -0.2) is 0 Å². The molecule has 1 fully saturated rings. The molecule has 1 aromatic rings. The Balaban J connectivity index is 1.89. The van der Waals surface area contributed by atoms with Crippen LogP contribution in [0.2, 0.25) is 0 Å². The molecule has 0 bridgehead atoms. The highest BCUT2D eigenvalue weighted by molar-refractivity contribution is 5.91. The summed E-state index contributed by atoms with van der Waals surface area (Å²) in [7, 11) is 0. The van der Waals surface area contributed by atoms with Gasteiger partial charge in [-0.3, -0.25) is 9.89 Å². The summed E-state index contributed by atoms with van der Waals surface area (Å²) in [6, 6.07) is 1.93. The fourth-order valence-corrected chi connectivity index (χ4v) is 1.67. The minimum Gasteiger partial charge on any atom is -0.378 e. The quantitative estimate of drug-likeness (QED) is 0.787. The Bertz CT molecular complexity index is 415. The standard InChI is InChI=1S/C10H12N4O2/c11-5-7-6-12-14-10(7)13-9(15)4-8-2-1-3-16-8/h6,8H,1-4H2,(H2,12,13,14,15). The van der Waals surface area contributed by atoms with Crippen molar-refractivity contribution in [2.45, 2.75) is 25.4 Å². The largest absolute Gasteiger partial charge is 0.378 e. The second-order valence-corrected chi connectivity index (χ2v) is 3.66. The van der Waals surface area contributed by atoms with E-state index in [1.807, 2.05) is 6.07 Å². The summed E-state index contributed by atoms with van der Waals surface area (Å²) >= 11 is 0. The maximum Gasteiger partial charge on any atom is 0.228 e.